The summed E-state index contributed by atoms with van der Waals surface area (Å²) < 4.78 is 29.0. The number of benzene rings is 1. The van der Waals surface area contributed by atoms with Crippen LogP contribution in [-0.4, -0.2) is 11.6 Å². The first-order valence-electron chi connectivity index (χ1n) is 6.36. The number of halogens is 2. The molecule has 0 saturated carbocycles. The van der Waals surface area contributed by atoms with Crippen molar-refractivity contribution in [2.24, 2.45) is 0 Å². The monoisotopic (exact) mass is 298 g/mol. The van der Waals surface area contributed by atoms with Crippen molar-refractivity contribution in [1.29, 1.82) is 0 Å². The molecular formula is C14H16F2N2OS. The van der Waals surface area contributed by atoms with Crippen LogP contribution < -0.4 is 10.1 Å². The van der Waals surface area contributed by atoms with E-state index >= 15 is 0 Å². The Morgan fingerprint density at radius 2 is 2.10 bits per heavy atom. The molecule has 0 aliphatic carbocycles. The van der Waals surface area contributed by atoms with Gasteiger partial charge in [-0.15, -0.1) is 11.3 Å². The molecule has 0 aliphatic heterocycles. The van der Waals surface area contributed by atoms with E-state index in [0.717, 1.165) is 11.4 Å². The van der Waals surface area contributed by atoms with Crippen LogP contribution in [0.5, 0.6) is 5.75 Å². The number of aromatic nitrogens is 1. The molecule has 0 fully saturated rings. The highest BCUT2D eigenvalue weighted by atomic mass is 32.1. The minimum absolute atomic E-state index is 0.211. The predicted octanol–water partition coefficient (Wildman–Crippen LogP) is 3.60. The zero-order chi connectivity index (χ0) is 14.4. The molecule has 0 bridgehead atoms. The smallest absolute Gasteiger partial charge is 0.387 e. The van der Waals surface area contributed by atoms with E-state index in [-0.39, 0.29) is 5.75 Å². The fourth-order valence-corrected chi connectivity index (χ4v) is 2.59. The van der Waals surface area contributed by atoms with Crippen LogP contribution in [0, 0.1) is 0 Å². The van der Waals surface area contributed by atoms with Gasteiger partial charge in [-0.3, -0.25) is 0 Å². The van der Waals surface area contributed by atoms with Crippen molar-refractivity contribution in [1.82, 2.24) is 10.3 Å². The summed E-state index contributed by atoms with van der Waals surface area (Å²) in [6.07, 6.45) is 2.85. The summed E-state index contributed by atoms with van der Waals surface area (Å²) in [6, 6.07) is 6.79. The fourth-order valence-electron chi connectivity index (χ4n) is 1.76. The van der Waals surface area contributed by atoms with Crippen molar-refractivity contribution in [3.8, 4) is 5.75 Å². The van der Waals surface area contributed by atoms with Crippen molar-refractivity contribution in [3.05, 3.63) is 45.9 Å². The summed E-state index contributed by atoms with van der Waals surface area (Å²) >= 11 is 1.66. The van der Waals surface area contributed by atoms with Crippen LogP contribution in [-0.2, 0) is 19.5 Å². The SMILES string of the molecule is CCc1cnc(CNCc2ccccc2OC(F)F)s1. The summed E-state index contributed by atoms with van der Waals surface area (Å²) in [6.45, 7) is 0.363. The van der Waals surface area contributed by atoms with E-state index in [0.29, 0.717) is 18.7 Å². The second-order valence-electron chi connectivity index (χ2n) is 4.16. The van der Waals surface area contributed by atoms with Crippen LogP contribution in [0.25, 0.3) is 0 Å². The molecule has 1 aromatic heterocycles. The van der Waals surface area contributed by atoms with Crippen molar-refractivity contribution >= 4 is 11.3 Å². The lowest BCUT2D eigenvalue weighted by atomic mass is 10.2. The molecule has 0 spiro atoms. The summed E-state index contributed by atoms with van der Waals surface area (Å²) in [4.78, 5) is 5.53. The molecule has 6 heteroatoms. The Hall–Kier alpha value is -1.53. The van der Waals surface area contributed by atoms with E-state index in [9.17, 15) is 8.78 Å². The Bertz CT molecular complexity index is 545. The molecular weight excluding hydrogens is 282 g/mol. The van der Waals surface area contributed by atoms with E-state index in [1.54, 1.807) is 35.6 Å². The molecule has 0 radical (unpaired) electrons. The Morgan fingerprint density at radius 3 is 2.80 bits per heavy atom. The first-order chi connectivity index (χ1) is 9.69. The number of rotatable bonds is 7. The van der Waals surface area contributed by atoms with Gasteiger partial charge in [-0.25, -0.2) is 4.98 Å². The van der Waals surface area contributed by atoms with Gasteiger partial charge in [-0.05, 0) is 12.5 Å². The van der Waals surface area contributed by atoms with E-state index < -0.39 is 6.61 Å². The minimum atomic E-state index is -2.80. The molecule has 20 heavy (non-hydrogen) atoms. The highest BCUT2D eigenvalue weighted by Gasteiger charge is 2.09. The van der Waals surface area contributed by atoms with Gasteiger partial charge in [0.15, 0.2) is 0 Å². The van der Waals surface area contributed by atoms with Gasteiger partial charge in [-0.1, -0.05) is 25.1 Å². The lowest BCUT2D eigenvalue weighted by Gasteiger charge is -2.10. The second kappa shape index (κ2) is 7.31. The average molecular weight is 298 g/mol. The van der Waals surface area contributed by atoms with Crippen molar-refractivity contribution in [2.45, 2.75) is 33.0 Å². The van der Waals surface area contributed by atoms with Gasteiger partial charge in [0.25, 0.3) is 0 Å². The summed E-state index contributed by atoms with van der Waals surface area (Å²) in [7, 11) is 0. The Balaban J connectivity index is 1.90. The van der Waals surface area contributed by atoms with Crippen LogP contribution in [0.4, 0.5) is 8.78 Å². The van der Waals surface area contributed by atoms with Crippen LogP contribution >= 0.6 is 11.3 Å². The Morgan fingerprint density at radius 1 is 1.30 bits per heavy atom. The molecule has 0 aliphatic rings. The molecule has 1 heterocycles. The third-order valence-electron chi connectivity index (χ3n) is 2.73. The maximum absolute atomic E-state index is 12.3. The molecule has 108 valence electrons. The van der Waals surface area contributed by atoms with Gasteiger partial charge in [0, 0.05) is 29.7 Å². The molecule has 0 amide bonds. The van der Waals surface area contributed by atoms with Crippen molar-refractivity contribution in [3.63, 3.8) is 0 Å². The predicted molar refractivity (Wildman–Crippen MR) is 75.1 cm³/mol. The van der Waals surface area contributed by atoms with E-state index in [1.807, 2.05) is 6.20 Å². The number of nitrogens with zero attached hydrogens (tertiary/aromatic N) is 1. The number of hydrogen-bond acceptors (Lipinski definition) is 4. The molecule has 1 N–H and O–H groups in total. The van der Waals surface area contributed by atoms with Gasteiger partial charge in [0.2, 0.25) is 0 Å². The Labute approximate surface area is 120 Å². The third-order valence-corrected chi connectivity index (χ3v) is 3.87. The fraction of sp³-hybridized carbons (Fsp3) is 0.357. The lowest BCUT2D eigenvalue weighted by Crippen LogP contribution is -2.14. The van der Waals surface area contributed by atoms with Crippen LogP contribution in [0.1, 0.15) is 22.4 Å². The van der Waals surface area contributed by atoms with E-state index in [4.69, 9.17) is 0 Å². The molecule has 1 aromatic carbocycles. The first kappa shape index (κ1) is 14.9. The Kier molecular flexibility index (Phi) is 5.43. The molecule has 0 saturated heterocycles. The quantitative estimate of drug-likeness (QED) is 0.848. The molecule has 2 aromatic rings. The maximum atomic E-state index is 12.3. The standard InChI is InChI=1S/C14H16F2N2OS/c1-2-11-8-18-13(20-11)9-17-7-10-5-3-4-6-12(10)19-14(15)16/h3-6,8,14,17H,2,7,9H2,1H3. The first-order valence-corrected chi connectivity index (χ1v) is 7.17. The zero-order valence-electron chi connectivity index (χ0n) is 11.1. The number of thiazole rings is 1. The number of nitrogens with one attached hydrogen (secondary N) is 1. The topological polar surface area (TPSA) is 34.2 Å². The average Bonchev–Trinajstić information content (AvgIpc) is 2.88. The summed E-state index contributed by atoms with van der Waals surface area (Å²) in [5.41, 5.74) is 0.708. The van der Waals surface area contributed by atoms with Crippen LogP contribution in [0.2, 0.25) is 0 Å². The van der Waals surface area contributed by atoms with E-state index in [1.165, 1.54) is 4.88 Å². The van der Waals surface area contributed by atoms with Gasteiger partial charge in [0.1, 0.15) is 10.8 Å². The summed E-state index contributed by atoms with van der Waals surface area (Å²) in [5.74, 6) is 0.211. The van der Waals surface area contributed by atoms with Gasteiger partial charge in [0.05, 0.1) is 0 Å². The molecule has 0 atom stereocenters. The van der Waals surface area contributed by atoms with Crippen LogP contribution in [0.15, 0.2) is 30.5 Å². The van der Waals surface area contributed by atoms with Gasteiger partial charge in [-0.2, -0.15) is 8.78 Å². The lowest BCUT2D eigenvalue weighted by molar-refractivity contribution is -0.0505. The number of alkyl halides is 2. The zero-order valence-corrected chi connectivity index (χ0v) is 11.9. The van der Waals surface area contributed by atoms with Crippen molar-refractivity contribution in [2.75, 3.05) is 0 Å². The third kappa shape index (κ3) is 4.25. The van der Waals surface area contributed by atoms with Gasteiger partial charge < -0.3 is 10.1 Å². The minimum Gasteiger partial charge on any atom is -0.434 e. The number of para-hydroxylation sites is 1. The molecule has 3 nitrogen and oxygen atoms in total. The number of ether oxygens (including phenoxy) is 1. The van der Waals surface area contributed by atoms with Crippen LogP contribution in [0.3, 0.4) is 0 Å². The highest BCUT2D eigenvalue weighted by molar-refractivity contribution is 7.11. The van der Waals surface area contributed by atoms with E-state index in [2.05, 4.69) is 22.0 Å². The number of aryl methyl sites for hydroxylation is 1. The molecule has 0 unspecified atom stereocenters. The normalized spacial score (nSPS) is 11.0. The largest absolute Gasteiger partial charge is 0.434 e. The highest BCUT2D eigenvalue weighted by Crippen LogP contribution is 2.20. The second-order valence-corrected chi connectivity index (χ2v) is 5.36. The molecule has 2 rings (SSSR count). The summed E-state index contributed by atoms with van der Waals surface area (Å²) in [5, 5.41) is 4.19. The van der Waals surface area contributed by atoms with Gasteiger partial charge >= 0.3 is 6.61 Å². The number of hydrogen-bond donors (Lipinski definition) is 1. The maximum Gasteiger partial charge on any atom is 0.387 e. The van der Waals surface area contributed by atoms with Crippen molar-refractivity contribution < 1.29 is 13.5 Å².